The lowest BCUT2D eigenvalue weighted by Crippen LogP contribution is -2.40. The lowest BCUT2D eigenvalue weighted by atomic mass is 10.1. The summed E-state index contributed by atoms with van der Waals surface area (Å²) in [5, 5.41) is 3.53. The van der Waals surface area contributed by atoms with Crippen molar-refractivity contribution in [2.75, 3.05) is 5.32 Å². The average Bonchev–Trinajstić information content (AvgIpc) is 3.30. The molecule has 1 N–H and O–H groups in total. The first kappa shape index (κ1) is 21.4. The Morgan fingerprint density at radius 1 is 1.16 bits per heavy atom. The second-order valence-electron chi connectivity index (χ2n) is 7.78. The van der Waals surface area contributed by atoms with Crippen molar-refractivity contribution in [2.45, 2.75) is 32.9 Å². The molecule has 0 spiro atoms. The Balaban J connectivity index is 1.76. The van der Waals surface area contributed by atoms with Crippen LogP contribution in [-0.2, 0) is 13.6 Å². The van der Waals surface area contributed by atoms with Gasteiger partial charge in [-0.25, -0.2) is 9.78 Å². The minimum absolute atomic E-state index is 0.138. The van der Waals surface area contributed by atoms with Gasteiger partial charge in [0.1, 0.15) is 11.6 Å². The molecule has 7 nitrogen and oxygen atoms in total. The number of fused-ring (bicyclic) bond motifs is 1. The van der Waals surface area contributed by atoms with E-state index in [2.05, 4.69) is 5.32 Å². The number of carbonyl (C=O) groups is 1. The van der Waals surface area contributed by atoms with Gasteiger partial charge in [-0.1, -0.05) is 31.2 Å². The van der Waals surface area contributed by atoms with Gasteiger partial charge in [0.2, 0.25) is 0 Å². The summed E-state index contributed by atoms with van der Waals surface area (Å²) in [4.78, 5) is 32.9. The molecule has 4 rings (SSSR count). The molecule has 2 aromatic heterocycles. The van der Waals surface area contributed by atoms with Crippen LogP contribution < -0.4 is 10.9 Å². The van der Waals surface area contributed by atoms with Crippen molar-refractivity contribution >= 4 is 22.6 Å². The van der Waals surface area contributed by atoms with Crippen LogP contribution in [0.15, 0.2) is 76.1 Å². The number of aromatic nitrogens is 2. The fraction of sp³-hybridized carbons (Fsp3) is 0.240. The number of nitrogens with zero attached hydrogens (tertiary/aromatic N) is 3. The lowest BCUT2D eigenvalue weighted by Gasteiger charge is -2.31. The zero-order valence-electron chi connectivity index (χ0n) is 18.4. The van der Waals surface area contributed by atoms with Crippen LogP contribution in [0, 0.1) is 6.92 Å². The fourth-order valence-corrected chi connectivity index (χ4v) is 3.89. The van der Waals surface area contributed by atoms with Gasteiger partial charge >= 0.3 is 6.03 Å². The van der Waals surface area contributed by atoms with Crippen molar-refractivity contribution in [1.82, 2.24) is 14.5 Å². The average molecular weight is 431 g/mol. The number of aryl methyl sites for hydroxylation is 1. The Morgan fingerprint density at radius 2 is 1.97 bits per heavy atom. The number of rotatable bonds is 6. The van der Waals surface area contributed by atoms with Crippen molar-refractivity contribution in [2.24, 2.45) is 7.05 Å². The molecular formula is C25H26N4O3. The normalized spacial score (nSPS) is 12.0. The lowest BCUT2D eigenvalue weighted by molar-refractivity contribution is 0.169. The van der Waals surface area contributed by atoms with E-state index in [0.717, 1.165) is 5.56 Å². The zero-order chi connectivity index (χ0) is 22.7. The number of carbonyl (C=O) groups excluding carboxylic acids is 1. The van der Waals surface area contributed by atoms with E-state index < -0.39 is 6.04 Å². The number of anilines is 1. The topological polar surface area (TPSA) is 80.4 Å². The number of benzene rings is 2. The molecular weight excluding hydrogens is 404 g/mol. The molecule has 0 bridgehead atoms. The van der Waals surface area contributed by atoms with Crippen molar-refractivity contribution in [3.05, 3.63) is 94.4 Å². The molecule has 0 aliphatic carbocycles. The third kappa shape index (κ3) is 4.27. The minimum atomic E-state index is -0.438. The molecule has 0 fully saturated rings. The maximum Gasteiger partial charge on any atom is 0.322 e. The van der Waals surface area contributed by atoms with Gasteiger partial charge in [0.05, 0.1) is 29.8 Å². The monoisotopic (exact) mass is 430 g/mol. The number of para-hydroxylation sites is 1. The number of urea groups is 1. The van der Waals surface area contributed by atoms with E-state index in [4.69, 9.17) is 9.40 Å². The van der Waals surface area contributed by atoms with Gasteiger partial charge in [-0.2, -0.15) is 0 Å². The van der Waals surface area contributed by atoms with Crippen LogP contribution in [0.4, 0.5) is 10.5 Å². The third-order valence-electron chi connectivity index (χ3n) is 5.52. The highest BCUT2D eigenvalue weighted by Crippen LogP contribution is 2.26. The highest BCUT2D eigenvalue weighted by molar-refractivity contribution is 5.89. The number of hydrogen-bond donors (Lipinski definition) is 1. The van der Waals surface area contributed by atoms with Gasteiger partial charge in [0, 0.05) is 12.7 Å². The molecule has 1 unspecified atom stereocenters. The van der Waals surface area contributed by atoms with E-state index in [1.165, 1.54) is 4.57 Å². The Morgan fingerprint density at radius 3 is 2.69 bits per heavy atom. The summed E-state index contributed by atoms with van der Waals surface area (Å²) in [7, 11) is 1.70. The van der Waals surface area contributed by atoms with Crippen molar-refractivity contribution in [3.8, 4) is 0 Å². The van der Waals surface area contributed by atoms with Gasteiger partial charge in [-0.05, 0) is 55.3 Å². The van der Waals surface area contributed by atoms with Gasteiger partial charge in [0.15, 0.2) is 0 Å². The number of hydrogen-bond acceptors (Lipinski definition) is 4. The van der Waals surface area contributed by atoms with E-state index in [9.17, 15) is 9.59 Å². The minimum Gasteiger partial charge on any atom is -0.467 e. The largest absolute Gasteiger partial charge is 0.467 e. The fourth-order valence-electron chi connectivity index (χ4n) is 3.89. The SMILES string of the molecule is CCC(c1nc2ccccc2c(=O)n1C)N(Cc1ccco1)C(=O)Nc1cccc(C)c1. The Labute approximate surface area is 186 Å². The standard InChI is InChI=1S/C25H26N4O3/c1-4-22(23-27-21-13-6-5-12-20(21)24(30)28(23)3)29(16-19-11-8-14-32-19)25(31)26-18-10-7-9-17(2)15-18/h5-15,22H,4,16H2,1-3H3,(H,26,31). The van der Waals surface area contributed by atoms with Gasteiger partial charge in [-0.15, -0.1) is 0 Å². The molecule has 0 aliphatic rings. The van der Waals surface area contributed by atoms with Crippen LogP contribution in [0.25, 0.3) is 10.9 Å². The van der Waals surface area contributed by atoms with Crippen LogP contribution >= 0.6 is 0 Å². The quantitative estimate of drug-likeness (QED) is 0.466. The molecule has 2 heterocycles. The summed E-state index contributed by atoms with van der Waals surface area (Å²) in [6.07, 6.45) is 2.15. The van der Waals surface area contributed by atoms with Crippen molar-refractivity contribution in [3.63, 3.8) is 0 Å². The van der Waals surface area contributed by atoms with Crippen LogP contribution in [0.1, 0.15) is 36.5 Å². The van der Waals surface area contributed by atoms with Crippen molar-refractivity contribution in [1.29, 1.82) is 0 Å². The van der Waals surface area contributed by atoms with Crippen molar-refractivity contribution < 1.29 is 9.21 Å². The van der Waals surface area contributed by atoms with E-state index in [0.29, 0.717) is 34.6 Å². The van der Waals surface area contributed by atoms with E-state index in [1.807, 2.05) is 62.4 Å². The summed E-state index contributed by atoms with van der Waals surface area (Å²) < 4.78 is 7.06. The molecule has 2 aromatic carbocycles. The second-order valence-corrected chi connectivity index (χ2v) is 7.78. The summed E-state index contributed by atoms with van der Waals surface area (Å²) in [6.45, 7) is 4.19. The maximum absolute atomic E-state index is 13.4. The highest BCUT2D eigenvalue weighted by Gasteiger charge is 2.29. The molecule has 1 atom stereocenters. The van der Waals surface area contributed by atoms with Crippen LogP contribution in [0.3, 0.4) is 0 Å². The van der Waals surface area contributed by atoms with Gasteiger partial charge in [-0.3, -0.25) is 9.36 Å². The first-order chi connectivity index (χ1) is 15.5. The van der Waals surface area contributed by atoms with Gasteiger partial charge < -0.3 is 14.6 Å². The number of furan rings is 1. The molecule has 32 heavy (non-hydrogen) atoms. The summed E-state index contributed by atoms with van der Waals surface area (Å²) in [6, 6.07) is 17.8. The predicted octanol–water partition coefficient (Wildman–Crippen LogP) is 5.02. The molecule has 4 aromatic rings. The smallest absolute Gasteiger partial charge is 0.322 e. The Bertz CT molecular complexity index is 1290. The van der Waals surface area contributed by atoms with Crippen LogP contribution in [0.5, 0.6) is 0 Å². The molecule has 0 aliphatic heterocycles. The molecule has 0 saturated carbocycles. The molecule has 164 valence electrons. The van der Waals surface area contributed by atoms with E-state index >= 15 is 0 Å². The first-order valence-corrected chi connectivity index (χ1v) is 10.6. The molecule has 2 amide bonds. The summed E-state index contributed by atoms with van der Waals surface area (Å²) >= 11 is 0. The maximum atomic E-state index is 13.4. The third-order valence-corrected chi connectivity index (χ3v) is 5.52. The number of nitrogens with one attached hydrogen (secondary N) is 1. The summed E-state index contributed by atoms with van der Waals surface area (Å²) in [5.74, 6) is 1.18. The van der Waals surface area contributed by atoms with E-state index in [1.54, 1.807) is 30.3 Å². The van der Waals surface area contributed by atoms with E-state index in [-0.39, 0.29) is 18.1 Å². The molecule has 7 heteroatoms. The first-order valence-electron chi connectivity index (χ1n) is 10.6. The van der Waals surface area contributed by atoms with Crippen LogP contribution in [0.2, 0.25) is 0 Å². The van der Waals surface area contributed by atoms with Gasteiger partial charge in [0.25, 0.3) is 5.56 Å². The number of amides is 2. The zero-order valence-corrected chi connectivity index (χ0v) is 18.4. The second kappa shape index (κ2) is 9.09. The summed E-state index contributed by atoms with van der Waals surface area (Å²) in [5.41, 5.74) is 2.22. The Kier molecular flexibility index (Phi) is 6.07. The van der Waals surface area contributed by atoms with Crippen LogP contribution in [-0.4, -0.2) is 20.5 Å². The Hall–Kier alpha value is -3.87. The predicted molar refractivity (Wildman–Crippen MR) is 124 cm³/mol. The highest BCUT2D eigenvalue weighted by atomic mass is 16.3. The molecule has 0 saturated heterocycles. The molecule has 0 radical (unpaired) electrons.